The molecule has 0 aromatic heterocycles. The molecule has 8 heteroatoms. The Morgan fingerprint density at radius 3 is 2.44 bits per heavy atom. The van der Waals surface area contributed by atoms with Crippen molar-refractivity contribution in [2.24, 2.45) is 0 Å². The summed E-state index contributed by atoms with van der Waals surface area (Å²) in [6.45, 7) is 5.14. The smallest absolute Gasteiger partial charge is 0.417 e. The number of carbonyl (C=O) groups excluding carboxylic acids is 1. The van der Waals surface area contributed by atoms with Crippen LogP contribution in [0.5, 0.6) is 5.75 Å². The fourth-order valence-corrected chi connectivity index (χ4v) is 5.09. The standard InChI is InChI=1S/C28H28ClF3N2O2/c1-4-21-17-33(27(35)23-11-10-20(29)16-24(23)28(30,31)32)14-15-34(21)25-13-12-22(26(36-3)18(25)2)19-8-6-5-7-9-19/h5-13,16,21H,4,14-15,17H2,1-3H3/t21-/m1/s1. The monoisotopic (exact) mass is 516 g/mol. The lowest BCUT2D eigenvalue weighted by Crippen LogP contribution is -2.55. The number of amides is 1. The molecule has 1 aliphatic rings. The van der Waals surface area contributed by atoms with Crippen molar-refractivity contribution in [1.29, 1.82) is 0 Å². The maximum absolute atomic E-state index is 13.6. The Bertz CT molecular complexity index is 1250. The van der Waals surface area contributed by atoms with E-state index in [1.165, 1.54) is 11.0 Å². The van der Waals surface area contributed by atoms with Crippen molar-refractivity contribution in [3.63, 3.8) is 0 Å². The number of rotatable bonds is 5. The van der Waals surface area contributed by atoms with Crippen LogP contribution in [0, 0.1) is 6.92 Å². The highest BCUT2D eigenvalue weighted by molar-refractivity contribution is 6.30. The minimum atomic E-state index is -4.67. The second-order valence-corrected chi connectivity index (χ2v) is 9.29. The Balaban J connectivity index is 1.62. The van der Waals surface area contributed by atoms with Gasteiger partial charge in [-0.05, 0) is 49.2 Å². The van der Waals surface area contributed by atoms with E-state index < -0.39 is 17.6 Å². The summed E-state index contributed by atoms with van der Waals surface area (Å²) in [5.41, 5.74) is 2.63. The van der Waals surface area contributed by atoms with Crippen LogP contribution in [-0.4, -0.2) is 43.6 Å². The molecule has 0 saturated carbocycles. The van der Waals surface area contributed by atoms with Crippen molar-refractivity contribution >= 4 is 23.2 Å². The van der Waals surface area contributed by atoms with E-state index in [4.69, 9.17) is 16.3 Å². The van der Waals surface area contributed by atoms with Gasteiger partial charge in [-0.15, -0.1) is 0 Å². The number of carbonyl (C=O) groups is 1. The van der Waals surface area contributed by atoms with Crippen LogP contribution in [0.4, 0.5) is 18.9 Å². The van der Waals surface area contributed by atoms with Crippen molar-refractivity contribution in [1.82, 2.24) is 4.90 Å². The molecule has 1 aliphatic heterocycles. The Morgan fingerprint density at radius 1 is 1.08 bits per heavy atom. The van der Waals surface area contributed by atoms with Crippen LogP contribution in [0.1, 0.15) is 34.8 Å². The second kappa shape index (κ2) is 10.4. The molecule has 4 nitrogen and oxygen atoms in total. The summed E-state index contributed by atoms with van der Waals surface area (Å²) in [6.07, 6.45) is -3.95. The highest BCUT2D eigenvalue weighted by atomic mass is 35.5. The van der Waals surface area contributed by atoms with Crippen LogP contribution in [0.25, 0.3) is 11.1 Å². The lowest BCUT2D eigenvalue weighted by Gasteiger charge is -2.43. The van der Waals surface area contributed by atoms with Gasteiger partial charge in [-0.1, -0.05) is 48.9 Å². The van der Waals surface area contributed by atoms with Gasteiger partial charge in [0.05, 0.1) is 18.2 Å². The van der Waals surface area contributed by atoms with Gasteiger partial charge in [-0.2, -0.15) is 13.2 Å². The molecule has 0 unspecified atom stereocenters. The van der Waals surface area contributed by atoms with Gasteiger partial charge in [0.15, 0.2) is 0 Å². The molecule has 1 fully saturated rings. The van der Waals surface area contributed by atoms with Crippen molar-refractivity contribution in [2.45, 2.75) is 32.5 Å². The molecule has 0 radical (unpaired) electrons. The molecule has 3 aromatic rings. The van der Waals surface area contributed by atoms with E-state index in [2.05, 4.69) is 11.0 Å². The van der Waals surface area contributed by atoms with Gasteiger partial charge in [0.25, 0.3) is 5.91 Å². The fraction of sp³-hybridized carbons (Fsp3) is 0.321. The lowest BCUT2D eigenvalue weighted by atomic mass is 9.98. The molecule has 1 heterocycles. The SMILES string of the molecule is CC[C@@H]1CN(C(=O)c2ccc(Cl)cc2C(F)(F)F)CCN1c1ccc(-c2ccccc2)c(OC)c1C. The van der Waals surface area contributed by atoms with Gasteiger partial charge in [0, 0.05) is 47.5 Å². The van der Waals surface area contributed by atoms with E-state index in [1.807, 2.05) is 50.2 Å². The molecule has 1 saturated heterocycles. The zero-order chi connectivity index (χ0) is 26.0. The Labute approximate surface area is 214 Å². The molecule has 4 rings (SSSR count). The molecule has 3 aromatic carbocycles. The van der Waals surface area contributed by atoms with E-state index in [0.717, 1.165) is 46.7 Å². The molecule has 0 aliphatic carbocycles. The van der Waals surface area contributed by atoms with E-state index in [0.29, 0.717) is 19.6 Å². The number of hydrogen-bond acceptors (Lipinski definition) is 3. The minimum Gasteiger partial charge on any atom is -0.496 e. The topological polar surface area (TPSA) is 32.8 Å². The molecule has 0 bridgehead atoms. The Kier molecular flexibility index (Phi) is 7.50. The number of alkyl halides is 3. The zero-order valence-electron chi connectivity index (χ0n) is 20.4. The van der Waals surface area contributed by atoms with Crippen LogP contribution in [0.2, 0.25) is 5.02 Å². The molecule has 0 N–H and O–H groups in total. The molecule has 1 atom stereocenters. The number of benzene rings is 3. The summed E-state index contributed by atoms with van der Waals surface area (Å²) in [6, 6.07) is 17.3. The quantitative estimate of drug-likeness (QED) is 0.363. The van der Waals surface area contributed by atoms with Crippen molar-refractivity contribution in [2.75, 3.05) is 31.6 Å². The molecular formula is C28H28ClF3N2O2. The number of ether oxygens (including phenoxy) is 1. The van der Waals surface area contributed by atoms with E-state index in [9.17, 15) is 18.0 Å². The first-order chi connectivity index (χ1) is 17.2. The highest BCUT2D eigenvalue weighted by Crippen LogP contribution is 2.40. The van der Waals surface area contributed by atoms with Crippen LogP contribution in [0.3, 0.4) is 0 Å². The van der Waals surface area contributed by atoms with Crippen molar-refractivity contribution in [3.05, 3.63) is 82.4 Å². The first-order valence-electron chi connectivity index (χ1n) is 11.8. The first-order valence-corrected chi connectivity index (χ1v) is 12.2. The third-order valence-corrected chi connectivity index (χ3v) is 6.97. The molecule has 1 amide bonds. The summed E-state index contributed by atoms with van der Waals surface area (Å²) < 4.78 is 46.6. The molecule has 190 valence electrons. The first kappa shape index (κ1) is 25.9. The van der Waals surface area contributed by atoms with Gasteiger partial charge in [0.2, 0.25) is 0 Å². The highest BCUT2D eigenvalue weighted by Gasteiger charge is 2.38. The van der Waals surface area contributed by atoms with Crippen LogP contribution in [0.15, 0.2) is 60.7 Å². The number of hydrogen-bond donors (Lipinski definition) is 0. The number of nitrogens with zero attached hydrogens (tertiary/aromatic N) is 2. The van der Waals surface area contributed by atoms with Crippen molar-refractivity contribution < 1.29 is 22.7 Å². The van der Waals surface area contributed by atoms with E-state index >= 15 is 0 Å². The lowest BCUT2D eigenvalue weighted by molar-refractivity contribution is -0.138. The maximum Gasteiger partial charge on any atom is 0.417 e. The fourth-order valence-electron chi connectivity index (χ4n) is 4.91. The van der Waals surface area contributed by atoms with Gasteiger partial charge < -0.3 is 14.5 Å². The Morgan fingerprint density at radius 2 is 1.81 bits per heavy atom. The number of methoxy groups -OCH3 is 1. The summed E-state index contributed by atoms with van der Waals surface area (Å²) in [7, 11) is 1.65. The predicted molar refractivity (Wildman–Crippen MR) is 137 cm³/mol. The number of halogens is 4. The number of piperazine rings is 1. The normalized spacial score (nSPS) is 16.2. The minimum absolute atomic E-state index is 0.0569. The van der Waals surface area contributed by atoms with Gasteiger partial charge >= 0.3 is 6.18 Å². The Hall–Kier alpha value is -3.19. The average molecular weight is 517 g/mol. The van der Waals surface area contributed by atoms with Crippen LogP contribution in [-0.2, 0) is 6.18 Å². The largest absolute Gasteiger partial charge is 0.496 e. The summed E-state index contributed by atoms with van der Waals surface area (Å²) in [4.78, 5) is 16.9. The predicted octanol–water partition coefficient (Wildman–Crippen LogP) is 7.08. The molecule has 36 heavy (non-hydrogen) atoms. The third kappa shape index (κ3) is 5.03. The van der Waals surface area contributed by atoms with Gasteiger partial charge in [0.1, 0.15) is 5.75 Å². The van der Waals surface area contributed by atoms with Gasteiger partial charge in [-0.25, -0.2) is 0 Å². The maximum atomic E-state index is 13.6. The second-order valence-electron chi connectivity index (χ2n) is 8.85. The molecule has 0 spiro atoms. The van der Waals surface area contributed by atoms with Gasteiger partial charge in [-0.3, -0.25) is 4.79 Å². The zero-order valence-corrected chi connectivity index (χ0v) is 21.2. The number of anilines is 1. The molecular weight excluding hydrogens is 489 g/mol. The van der Waals surface area contributed by atoms with Crippen LogP contribution >= 0.6 is 11.6 Å². The summed E-state index contributed by atoms with van der Waals surface area (Å²) in [5.74, 6) is 0.147. The summed E-state index contributed by atoms with van der Waals surface area (Å²) >= 11 is 5.79. The summed E-state index contributed by atoms with van der Waals surface area (Å²) in [5, 5.41) is -0.0569. The van der Waals surface area contributed by atoms with E-state index in [1.54, 1.807) is 7.11 Å². The van der Waals surface area contributed by atoms with Crippen LogP contribution < -0.4 is 9.64 Å². The third-order valence-electron chi connectivity index (χ3n) is 6.73. The average Bonchev–Trinajstić information content (AvgIpc) is 2.87. The van der Waals surface area contributed by atoms with E-state index in [-0.39, 0.29) is 16.6 Å². The van der Waals surface area contributed by atoms with Crippen molar-refractivity contribution in [3.8, 4) is 16.9 Å².